The minimum atomic E-state index is 0.113. The molecule has 168 valence electrons. The lowest BCUT2D eigenvalue weighted by Gasteiger charge is -2.36. The molecule has 0 atom stereocenters. The fourth-order valence-corrected chi connectivity index (χ4v) is 3.58. The highest BCUT2D eigenvalue weighted by atomic mass is 35.5. The first-order valence-electron chi connectivity index (χ1n) is 10.4. The number of aliphatic imine (C=N–C) groups is 1. The van der Waals surface area contributed by atoms with Gasteiger partial charge in [0, 0.05) is 51.9 Å². The Morgan fingerprint density at radius 3 is 2.61 bits per heavy atom. The number of halogens is 1. The molecule has 10 heteroatoms. The molecule has 1 aliphatic heterocycles. The van der Waals surface area contributed by atoms with Gasteiger partial charge in [0.05, 0.1) is 13.0 Å². The maximum absolute atomic E-state index is 12.7. The largest absolute Gasteiger partial charge is 0.383 e. The SMILES string of the molecule is COCCNC(=NCc1nnc(C)n1C)N1CCN(C(=O)Cc2cccc(Cl)c2)CC1. The molecule has 0 spiro atoms. The summed E-state index contributed by atoms with van der Waals surface area (Å²) in [6.07, 6.45) is 0.360. The van der Waals surface area contributed by atoms with Crippen LogP contribution in [0.4, 0.5) is 0 Å². The second-order valence-electron chi connectivity index (χ2n) is 7.46. The molecule has 0 radical (unpaired) electrons. The van der Waals surface area contributed by atoms with Crippen LogP contribution in [-0.4, -0.2) is 82.9 Å². The van der Waals surface area contributed by atoms with Gasteiger partial charge in [-0.15, -0.1) is 10.2 Å². The summed E-state index contributed by atoms with van der Waals surface area (Å²) in [5.74, 6) is 2.56. The van der Waals surface area contributed by atoms with Gasteiger partial charge < -0.3 is 24.4 Å². The average molecular weight is 448 g/mol. The summed E-state index contributed by atoms with van der Waals surface area (Å²) in [5, 5.41) is 12.3. The highest BCUT2D eigenvalue weighted by Gasteiger charge is 2.23. The summed E-state index contributed by atoms with van der Waals surface area (Å²) in [6.45, 7) is 6.29. The maximum atomic E-state index is 12.7. The number of carbonyl (C=O) groups is 1. The predicted molar refractivity (Wildman–Crippen MR) is 120 cm³/mol. The van der Waals surface area contributed by atoms with Crippen molar-refractivity contribution in [1.82, 2.24) is 29.9 Å². The highest BCUT2D eigenvalue weighted by molar-refractivity contribution is 6.30. The number of guanidine groups is 1. The third-order valence-electron chi connectivity index (χ3n) is 5.32. The maximum Gasteiger partial charge on any atom is 0.227 e. The zero-order valence-corrected chi connectivity index (χ0v) is 19.1. The first-order valence-corrected chi connectivity index (χ1v) is 10.7. The number of ether oxygens (including phenoxy) is 1. The van der Waals surface area contributed by atoms with Gasteiger partial charge in [-0.1, -0.05) is 23.7 Å². The van der Waals surface area contributed by atoms with Crippen LogP contribution in [0.15, 0.2) is 29.3 Å². The van der Waals surface area contributed by atoms with Gasteiger partial charge in [-0.05, 0) is 24.6 Å². The molecule has 1 N–H and O–H groups in total. The van der Waals surface area contributed by atoms with Gasteiger partial charge in [-0.2, -0.15) is 0 Å². The molecule has 0 bridgehead atoms. The third kappa shape index (κ3) is 6.41. The van der Waals surface area contributed by atoms with E-state index in [-0.39, 0.29) is 5.91 Å². The first-order chi connectivity index (χ1) is 15.0. The number of nitrogens with one attached hydrogen (secondary N) is 1. The van der Waals surface area contributed by atoms with Crippen molar-refractivity contribution in [2.24, 2.45) is 12.0 Å². The number of hydrogen-bond donors (Lipinski definition) is 1. The second-order valence-corrected chi connectivity index (χ2v) is 7.89. The van der Waals surface area contributed by atoms with Crippen molar-refractivity contribution in [3.8, 4) is 0 Å². The van der Waals surface area contributed by atoms with Crippen molar-refractivity contribution in [2.75, 3.05) is 46.4 Å². The molecule has 1 saturated heterocycles. The number of aromatic nitrogens is 3. The first kappa shape index (κ1) is 23.0. The summed E-state index contributed by atoms with van der Waals surface area (Å²) in [7, 11) is 3.60. The second kappa shape index (κ2) is 11.1. The number of nitrogens with zero attached hydrogens (tertiary/aromatic N) is 6. The van der Waals surface area contributed by atoms with Crippen LogP contribution in [-0.2, 0) is 29.5 Å². The summed E-state index contributed by atoms with van der Waals surface area (Å²) in [6, 6.07) is 7.46. The van der Waals surface area contributed by atoms with Gasteiger partial charge in [-0.3, -0.25) is 4.79 Å². The molecule has 3 rings (SSSR count). The van der Waals surface area contributed by atoms with Crippen molar-refractivity contribution in [3.63, 3.8) is 0 Å². The number of piperazine rings is 1. The average Bonchev–Trinajstić information content (AvgIpc) is 3.08. The molecule has 1 fully saturated rings. The minimum Gasteiger partial charge on any atom is -0.383 e. The molecular weight excluding hydrogens is 418 g/mol. The molecule has 31 heavy (non-hydrogen) atoms. The van der Waals surface area contributed by atoms with Gasteiger partial charge >= 0.3 is 0 Å². The number of carbonyl (C=O) groups excluding carboxylic acids is 1. The van der Waals surface area contributed by atoms with Crippen molar-refractivity contribution >= 4 is 23.5 Å². The van der Waals surface area contributed by atoms with E-state index in [1.165, 1.54) is 0 Å². The van der Waals surface area contributed by atoms with Gasteiger partial charge in [-0.25, -0.2) is 4.99 Å². The van der Waals surface area contributed by atoms with E-state index in [2.05, 4.69) is 20.4 Å². The Bertz CT molecular complexity index is 907. The Balaban J connectivity index is 1.59. The number of methoxy groups -OCH3 is 1. The minimum absolute atomic E-state index is 0.113. The summed E-state index contributed by atoms with van der Waals surface area (Å²) >= 11 is 6.03. The van der Waals surface area contributed by atoms with Crippen LogP contribution in [0.2, 0.25) is 5.02 Å². The summed E-state index contributed by atoms with van der Waals surface area (Å²) < 4.78 is 7.09. The summed E-state index contributed by atoms with van der Waals surface area (Å²) in [5.41, 5.74) is 0.933. The van der Waals surface area contributed by atoms with Crippen LogP contribution in [0, 0.1) is 6.92 Å². The zero-order chi connectivity index (χ0) is 22.2. The number of hydrogen-bond acceptors (Lipinski definition) is 5. The van der Waals surface area contributed by atoms with Gasteiger partial charge in [0.25, 0.3) is 0 Å². The lowest BCUT2D eigenvalue weighted by molar-refractivity contribution is -0.131. The fourth-order valence-electron chi connectivity index (χ4n) is 3.37. The normalized spacial score (nSPS) is 14.8. The molecule has 1 aromatic heterocycles. The molecule has 0 unspecified atom stereocenters. The zero-order valence-electron chi connectivity index (χ0n) is 18.3. The van der Waals surface area contributed by atoms with Crippen molar-refractivity contribution in [1.29, 1.82) is 0 Å². The van der Waals surface area contributed by atoms with Crippen LogP contribution < -0.4 is 5.32 Å². The Kier molecular flexibility index (Phi) is 8.25. The van der Waals surface area contributed by atoms with Gasteiger partial charge in [0.1, 0.15) is 12.4 Å². The number of benzene rings is 1. The van der Waals surface area contributed by atoms with Crippen LogP contribution in [0.5, 0.6) is 0 Å². The van der Waals surface area contributed by atoms with Gasteiger partial charge in [0.15, 0.2) is 11.8 Å². The molecule has 0 saturated carbocycles. The van der Waals surface area contributed by atoms with E-state index in [0.717, 1.165) is 23.2 Å². The molecule has 9 nitrogen and oxygen atoms in total. The lowest BCUT2D eigenvalue weighted by Crippen LogP contribution is -2.54. The number of amides is 1. The molecule has 1 aromatic carbocycles. The van der Waals surface area contributed by atoms with Crippen LogP contribution in [0.25, 0.3) is 0 Å². The molecule has 1 aliphatic rings. The standard InChI is InChI=1S/C21H30ClN7O2/c1-16-25-26-19(27(16)2)15-24-21(23-7-12-31-3)29-10-8-28(9-11-29)20(30)14-17-5-4-6-18(22)13-17/h4-6,13H,7-12,14-15H2,1-3H3,(H,23,24). The number of aryl methyl sites for hydroxylation is 1. The molecular formula is C21H30ClN7O2. The van der Waals surface area contributed by atoms with E-state index in [4.69, 9.17) is 21.3 Å². The predicted octanol–water partition coefficient (Wildman–Crippen LogP) is 1.26. The van der Waals surface area contributed by atoms with Crippen molar-refractivity contribution in [2.45, 2.75) is 19.9 Å². The fraction of sp³-hybridized carbons (Fsp3) is 0.524. The summed E-state index contributed by atoms with van der Waals surface area (Å²) in [4.78, 5) is 21.5. The Labute approximate surface area is 188 Å². The molecule has 2 aromatic rings. The third-order valence-corrected chi connectivity index (χ3v) is 5.55. The van der Waals surface area contributed by atoms with E-state index in [9.17, 15) is 4.79 Å². The monoisotopic (exact) mass is 447 g/mol. The highest BCUT2D eigenvalue weighted by Crippen LogP contribution is 2.13. The number of rotatable bonds is 7. The lowest BCUT2D eigenvalue weighted by atomic mass is 10.1. The van der Waals surface area contributed by atoms with E-state index in [1.807, 2.05) is 47.7 Å². The smallest absolute Gasteiger partial charge is 0.227 e. The van der Waals surface area contributed by atoms with E-state index >= 15 is 0 Å². The topological polar surface area (TPSA) is 87.9 Å². The van der Waals surface area contributed by atoms with Crippen LogP contribution in [0.3, 0.4) is 0 Å². The molecule has 0 aliphatic carbocycles. The van der Waals surface area contributed by atoms with Crippen LogP contribution >= 0.6 is 11.6 Å². The van der Waals surface area contributed by atoms with Gasteiger partial charge in [0.2, 0.25) is 5.91 Å². The van der Waals surface area contributed by atoms with E-state index in [1.54, 1.807) is 7.11 Å². The quantitative estimate of drug-likeness (QED) is 0.390. The van der Waals surface area contributed by atoms with E-state index in [0.29, 0.717) is 57.3 Å². The van der Waals surface area contributed by atoms with Crippen molar-refractivity contribution < 1.29 is 9.53 Å². The Hall–Kier alpha value is -2.65. The molecule has 1 amide bonds. The van der Waals surface area contributed by atoms with E-state index < -0.39 is 0 Å². The van der Waals surface area contributed by atoms with Crippen LogP contribution in [0.1, 0.15) is 17.2 Å². The van der Waals surface area contributed by atoms with Crippen molar-refractivity contribution in [3.05, 3.63) is 46.5 Å². The Morgan fingerprint density at radius 1 is 1.23 bits per heavy atom. The molecule has 2 heterocycles. The Morgan fingerprint density at radius 2 is 1.97 bits per heavy atom.